The molecule has 222 valence electrons. The lowest BCUT2D eigenvalue weighted by Crippen LogP contribution is -2.52. The van der Waals surface area contributed by atoms with Crippen molar-refractivity contribution in [1.29, 1.82) is 5.26 Å². The Hall–Kier alpha value is -2.33. The molecule has 2 aliphatic heterocycles. The molecular weight excluding hydrogens is 597 g/mol. The topological polar surface area (TPSA) is 123 Å². The lowest BCUT2D eigenvalue weighted by molar-refractivity contribution is -0.124. The minimum atomic E-state index is -4.36. The van der Waals surface area contributed by atoms with Gasteiger partial charge >= 0.3 is 10.3 Å². The summed E-state index contributed by atoms with van der Waals surface area (Å²) in [5.41, 5.74) is -2.16. The van der Waals surface area contributed by atoms with Gasteiger partial charge in [0.15, 0.2) is 0 Å². The van der Waals surface area contributed by atoms with Crippen LogP contribution >= 0.6 is 23.2 Å². The van der Waals surface area contributed by atoms with Gasteiger partial charge in [-0.05, 0) is 48.4 Å². The summed E-state index contributed by atoms with van der Waals surface area (Å²) in [4.78, 5) is 13.9. The number of rotatable bonds is 6. The van der Waals surface area contributed by atoms with Crippen molar-refractivity contribution < 1.29 is 26.5 Å². The molecule has 0 spiro atoms. The molecule has 0 aromatic heterocycles. The van der Waals surface area contributed by atoms with E-state index in [2.05, 4.69) is 16.7 Å². The highest BCUT2D eigenvalue weighted by molar-refractivity contribution is 7.83. The molecule has 41 heavy (non-hydrogen) atoms. The molecule has 4 rings (SSSR count). The van der Waals surface area contributed by atoms with Gasteiger partial charge in [0.05, 0.1) is 17.1 Å². The molecule has 3 N–H and O–H groups in total. The number of carbonyl (C=O) groups excluding carboxylic acids is 1. The summed E-state index contributed by atoms with van der Waals surface area (Å²) >= 11 is 12.2. The third-order valence-corrected chi connectivity index (χ3v) is 9.40. The van der Waals surface area contributed by atoms with Crippen LogP contribution in [0.5, 0.6) is 0 Å². The molecule has 2 aliphatic rings. The van der Waals surface area contributed by atoms with Crippen molar-refractivity contribution in [2.24, 2.45) is 5.41 Å². The highest BCUT2D eigenvalue weighted by Gasteiger charge is 2.61. The van der Waals surface area contributed by atoms with Gasteiger partial charge in [-0.25, -0.2) is 8.78 Å². The summed E-state index contributed by atoms with van der Waals surface area (Å²) in [6.07, 6.45) is 0.794. The average Bonchev–Trinajstić information content (AvgIpc) is 3.18. The molecule has 2 fully saturated rings. The standard InChI is InChI=1S/C28H32Cl2F2N4O4S/c1-27(2,3)14-22-28(15-33,19-8-7-16(29)13-21(19)31)23(18-5-4-6-20(30)24(18)32)25(35-22)26(37)34-17-9-11-36(12-10-17)41(38,39)40/h4-8,13,17,22-23,25,35H,9-12,14H2,1-3H3,(H,34,37)(H,38,39,40)/t22-,23-,25+,28-/m0/s1. The molecule has 0 bridgehead atoms. The van der Waals surface area contributed by atoms with Crippen molar-refractivity contribution >= 4 is 39.4 Å². The second kappa shape index (κ2) is 11.7. The molecule has 8 nitrogen and oxygen atoms in total. The highest BCUT2D eigenvalue weighted by Crippen LogP contribution is 2.52. The van der Waals surface area contributed by atoms with E-state index >= 15 is 8.78 Å². The number of halogens is 4. The van der Waals surface area contributed by atoms with Gasteiger partial charge in [0.1, 0.15) is 17.0 Å². The van der Waals surface area contributed by atoms with E-state index in [1.807, 2.05) is 20.8 Å². The van der Waals surface area contributed by atoms with Crippen molar-refractivity contribution in [2.75, 3.05) is 13.1 Å². The van der Waals surface area contributed by atoms with Crippen LogP contribution in [0.2, 0.25) is 10.0 Å². The summed E-state index contributed by atoms with van der Waals surface area (Å²) in [6.45, 7) is 5.83. The number of hydrogen-bond donors (Lipinski definition) is 3. The largest absolute Gasteiger partial charge is 0.352 e. The number of piperidine rings is 1. The molecule has 0 aliphatic carbocycles. The SMILES string of the molecule is CC(C)(C)C[C@@H]1N[C@@H](C(=O)NC2CCN(S(=O)(=O)O)CC2)[C@H](c2cccc(Cl)c2F)[C@@]1(C#N)c1ccc(Cl)cc1F. The number of nitrogens with zero attached hydrogens (tertiary/aromatic N) is 2. The van der Waals surface area contributed by atoms with Crippen molar-refractivity contribution in [3.63, 3.8) is 0 Å². The molecule has 2 saturated heterocycles. The van der Waals surface area contributed by atoms with Crippen LogP contribution in [0.4, 0.5) is 8.78 Å². The number of benzene rings is 2. The zero-order valence-electron chi connectivity index (χ0n) is 22.8. The van der Waals surface area contributed by atoms with Crippen LogP contribution in [0.1, 0.15) is 57.1 Å². The van der Waals surface area contributed by atoms with Crippen LogP contribution in [0.15, 0.2) is 36.4 Å². The molecule has 0 saturated carbocycles. The van der Waals surface area contributed by atoms with Crippen LogP contribution in [0, 0.1) is 28.4 Å². The lowest BCUT2D eigenvalue weighted by atomic mass is 9.62. The van der Waals surface area contributed by atoms with Crippen LogP contribution in [-0.2, 0) is 20.5 Å². The Morgan fingerprint density at radius 2 is 1.88 bits per heavy atom. The zero-order valence-corrected chi connectivity index (χ0v) is 25.1. The van der Waals surface area contributed by atoms with Crippen LogP contribution in [0.25, 0.3) is 0 Å². The molecule has 1 amide bonds. The third kappa shape index (κ3) is 6.38. The minimum absolute atomic E-state index is 0.000999. The Bertz CT molecular complexity index is 1470. The first-order valence-electron chi connectivity index (χ1n) is 13.2. The Morgan fingerprint density at radius 1 is 1.22 bits per heavy atom. The molecule has 0 radical (unpaired) electrons. The number of carbonyl (C=O) groups is 1. The number of nitriles is 1. The Labute approximate surface area is 248 Å². The quantitative estimate of drug-likeness (QED) is 0.388. The fourth-order valence-corrected chi connectivity index (χ4v) is 7.09. The van der Waals surface area contributed by atoms with Gasteiger partial charge in [0, 0.05) is 41.7 Å². The second-order valence-electron chi connectivity index (χ2n) is 11.8. The van der Waals surface area contributed by atoms with Gasteiger partial charge in [-0.1, -0.05) is 62.2 Å². The molecule has 2 heterocycles. The fourth-order valence-electron chi connectivity index (χ4n) is 6.08. The molecular formula is C28H32Cl2F2N4O4S. The minimum Gasteiger partial charge on any atom is -0.352 e. The maximum Gasteiger partial charge on any atom is 0.335 e. The van der Waals surface area contributed by atoms with E-state index < -0.39 is 57.3 Å². The van der Waals surface area contributed by atoms with Gasteiger partial charge in [0.2, 0.25) is 5.91 Å². The first-order chi connectivity index (χ1) is 19.1. The third-order valence-electron chi connectivity index (χ3n) is 7.86. The molecule has 13 heteroatoms. The average molecular weight is 630 g/mol. The van der Waals surface area contributed by atoms with Crippen molar-refractivity contribution in [2.45, 2.75) is 69.5 Å². The van der Waals surface area contributed by atoms with E-state index in [0.717, 1.165) is 10.4 Å². The normalized spacial score (nSPS) is 26.1. The summed E-state index contributed by atoms with van der Waals surface area (Å²) in [5, 5.41) is 17.0. The maximum absolute atomic E-state index is 15.7. The second-order valence-corrected chi connectivity index (χ2v) is 14.1. The molecule has 2 aromatic carbocycles. The van der Waals surface area contributed by atoms with Gasteiger partial charge < -0.3 is 10.6 Å². The number of hydrogen-bond acceptors (Lipinski definition) is 5. The summed E-state index contributed by atoms with van der Waals surface area (Å²) in [7, 11) is -4.36. The van der Waals surface area contributed by atoms with Gasteiger partial charge in [-0.3, -0.25) is 9.35 Å². The number of amides is 1. The van der Waals surface area contributed by atoms with Crippen molar-refractivity contribution in [3.05, 3.63) is 69.2 Å². The predicted molar refractivity (Wildman–Crippen MR) is 152 cm³/mol. The van der Waals surface area contributed by atoms with Crippen LogP contribution in [0.3, 0.4) is 0 Å². The summed E-state index contributed by atoms with van der Waals surface area (Å²) in [5.74, 6) is -3.33. The van der Waals surface area contributed by atoms with E-state index in [1.54, 1.807) is 0 Å². The highest BCUT2D eigenvalue weighted by atomic mass is 35.5. The monoisotopic (exact) mass is 628 g/mol. The Balaban J connectivity index is 1.83. The van der Waals surface area contributed by atoms with Crippen molar-refractivity contribution in [3.8, 4) is 6.07 Å². The lowest BCUT2D eigenvalue weighted by Gasteiger charge is -2.37. The van der Waals surface area contributed by atoms with Gasteiger partial charge in [0.25, 0.3) is 0 Å². The van der Waals surface area contributed by atoms with Gasteiger partial charge in [-0.15, -0.1) is 0 Å². The molecule has 0 unspecified atom stereocenters. The van der Waals surface area contributed by atoms with Crippen LogP contribution in [-0.4, -0.2) is 54.4 Å². The van der Waals surface area contributed by atoms with E-state index in [1.165, 1.54) is 30.3 Å². The molecule has 4 atom stereocenters. The van der Waals surface area contributed by atoms with E-state index in [0.29, 0.717) is 6.42 Å². The summed E-state index contributed by atoms with van der Waals surface area (Å²) in [6, 6.07) is 8.14. The first kappa shape index (κ1) is 31.6. The van der Waals surface area contributed by atoms with Gasteiger partial charge in [-0.2, -0.15) is 18.0 Å². The molecule has 2 aromatic rings. The Kier molecular flexibility index (Phi) is 9.05. The fraction of sp³-hybridized carbons (Fsp3) is 0.500. The Morgan fingerprint density at radius 3 is 2.44 bits per heavy atom. The predicted octanol–water partition coefficient (Wildman–Crippen LogP) is 4.98. The number of nitrogens with one attached hydrogen (secondary N) is 2. The maximum atomic E-state index is 15.7. The van der Waals surface area contributed by atoms with E-state index in [4.69, 9.17) is 23.2 Å². The zero-order chi connectivity index (χ0) is 30.3. The smallest absolute Gasteiger partial charge is 0.335 e. The summed E-state index contributed by atoms with van der Waals surface area (Å²) < 4.78 is 64.6. The van der Waals surface area contributed by atoms with E-state index in [-0.39, 0.29) is 52.5 Å². The van der Waals surface area contributed by atoms with Crippen molar-refractivity contribution in [1.82, 2.24) is 14.9 Å². The first-order valence-corrected chi connectivity index (χ1v) is 15.3. The van der Waals surface area contributed by atoms with Crippen LogP contribution < -0.4 is 10.6 Å². The van der Waals surface area contributed by atoms with E-state index in [9.17, 15) is 23.0 Å².